The summed E-state index contributed by atoms with van der Waals surface area (Å²) in [5, 5.41) is 12.5. The summed E-state index contributed by atoms with van der Waals surface area (Å²) < 4.78 is 5.40. The minimum atomic E-state index is -0.209. The number of hydrogen-bond donors (Lipinski definition) is 3. The van der Waals surface area contributed by atoms with E-state index in [0.717, 1.165) is 0 Å². The summed E-state index contributed by atoms with van der Waals surface area (Å²) in [6.45, 7) is 10.1. The lowest BCUT2D eigenvalue weighted by molar-refractivity contribution is 0.0743. The van der Waals surface area contributed by atoms with E-state index in [4.69, 9.17) is 15.6 Å². The second-order valence-corrected chi connectivity index (χ2v) is 4.49. The van der Waals surface area contributed by atoms with Gasteiger partial charge in [0, 0.05) is 25.8 Å². The van der Waals surface area contributed by atoms with E-state index in [2.05, 4.69) is 12.2 Å². The van der Waals surface area contributed by atoms with Crippen molar-refractivity contribution in [2.24, 2.45) is 11.7 Å². The van der Waals surface area contributed by atoms with Gasteiger partial charge in [-0.3, -0.25) is 0 Å². The highest BCUT2D eigenvalue weighted by Crippen LogP contribution is 2.09. The zero-order valence-corrected chi connectivity index (χ0v) is 10.4. The van der Waals surface area contributed by atoms with E-state index in [9.17, 15) is 0 Å². The number of aliphatic hydroxyl groups is 1. The first-order valence-electron chi connectivity index (χ1n) is 5.65. The topological polar surface area (TPSA) is 67.5 Å². The third-order valence-corrected chi connectivity index (χ3v) is 2.79. The van der Waals surface area contributed by atoms with Crippen LogP contribution in [0.1, 0.15) is 27.7 Å². The van der Waals surface area contributed by atoms with Gasteiger partial charge in [-0.25, -0.2) is 0 Å². The highest BCUT2D eigenvalue weighted by atomic mass is 16.5. The summed E-state index contributed by atoms with van der Waals surface area (Å²) in [5.74, 6) is 0.220. The average molecular weight is 218 g/mol. The summed E-state index contributed by atoms with van der Waals surface area (Å²) >= 11 is 0. The molecule has 3 unspecified atom stereocenters. The van der Waals surface area contributed by atoms with Crippen molar-refractivity contribution < 1.29 is 9.84 Å². The molecular formula is C11H26N2O2. The predicted octanol–water partition coefficient (Wildman–Crippen LogP) is 0.347. The maximum absolute atomic E-state index is 9.05. The smallest absolute Gasteiger partial charge is 0.0657 e. The van der Waals surface area contributed by atoms with Crippen molar-refractivity contribution in [2.45, 2.75) is 39.3 Å². The Morgan fingerprint density at radius 3 is 2.47 bits per heavy atom. The third-order valence-electron chi connectivity index (χ3n) is 2.79. The van der Waals surface area contributed by atoms with Gasteiger partial charge in [0.1, 0.15) is 0 Å². The SMILES string of the molecule is CCOCC(C)(CN)NC(C)C(C)CO. The Morgan fingerprint density at radius 1 is 1.47 bits per heavy atom. The van der Waals surface area contributed by atoms with E-state index in [1.54, 1.807) is 0 Å². The van der Waals surface area contributed by atoms with Crippen LogP contribution in [0, 0.1) is 5.92 Å². The monoisotopic (exact) mass is 218 g/mol. The molecule has 15 heavy (non-hydrogen) atoms. The third kappa shape index (κ3) is 5.47. The van der Waals surface area contributed by atoms with Gasteiger partial charge in [0.2, 0.25) is 0 Å². The molecule has 0 spiro atoms. The normalized spacial score (nSPS) is 19.6. The highest BCUT2D eigenvalue weighted by molar-refractivity contribution is 4.87. The first-order valence-corrected chi connectivity index (χ1v) is 5.65. The van der Waals surface area contributed by atoms with Crippen LogP contribution in [-0.4, -0.2) is 43.1 Å². The lowest BCUT2D eigenvalue weighted by Gasteiger charge is -2.34. The molecule has 92 valence electrons. The minimum Gasteiger partial charge on any atom is -0.396 e. The molecule has 4 nitrogen and oxygen atoms in total. The Kier molecular flexibility index (Phi) is 7.09. The average Bonchev–Trinajstić information content (AvgIpc) is 2.25. The largest absolute Gasteiger partial charge is 0.396 e. The van der Waals surface area contributed by atoms with Crippen LogP contribution in [0.3, 0.4) is 0 Å². The zero-order chi connectivity index (χ0) is 11.9. The van der Waals surface area contributed by atoms with E-state index in [1.165, 1.54) is 0 Å². The van der Waals surface area contributed by atoms with Gasteiger partial charge in [-0.05, 0) is 26.7 Å². The van der Waals surface area contributed by atoms with Crippen molar-refractivity contribution in [2.75, 3.05) is 26.4 Å². The second kappa shape index (κ2) is 7.17. The minimum absolute atomic E-state index is 0.184. The lowest BCUT2D eigenvalue weighted by Crippen LogP contribution is -2.57. The van der Waals surface area contributed by atoms with E-state index in [1.807, 2.05) is 20.8 Å². The summed E-state index contributed by atoms with van der Waals surface area (Å²) in [4.78, 5) is 0. The van der Waals surface area contributed by atoms with Crippen molar-refractivity contribution in [1.29, 1.82) is 0 Å². The van der Waals surface area contributed by atoms with E-state index >= 15 is 0 Å². The summed E-state index contributed by atoms with van der Waals surface area (Å²) in [5.41, 5.74) is 5.52. The maximum Gasteiger partial charge on any atom is 0.0657 e. The van der Waals surface area contributed by atoms with Crippen molar-refractivity contribution in [1.82, 2.24) is 5.32 Å². The second-order valence-electron chi connectivity index (χ2n) is 4.49. The van der Waals surface area contributed by atoms with E-state index in [0.29, 0.717) is 19.8 Å². The molecule has 4 N–H and O–H groups in total. The molecule has 0 fully saturated rings. The number of nitrogens with one attached hydrogen (secondary N) is 1. The van der Waals surface area contributed by atoms with Crippen molar-refractivity contribution in [3.05, 3.63) is 0 Å². The molecule has 0 aromatic carbocycles. The van der Waals surface area contributed by atoms with Crippen LogP contribution in [0.15, 0.2) is 0 Å². The number of ether oxygens (including phenoxy) is 1. The molecule has 0 bridgehead atoms. The van der Waals surface area contributed by atoms with Crippen molar-refractivity contribution in [3.8, 4) is 0 Å². The molecule has 0 heterocycles. The molecule has 0 aliphatic carbocycles. The molecule has 0 rings (SSSR count). The summed E-state index contributed by atoms with van der Waals surface area (Å²) in [7, 11) is 0. The molecule has 0 saturated heterocycles. The molecule has 0 radical (unpaired) electrons. The fourth-order valence-corrected chi connectivity index (χ4v) is 1.34. The Labute approximate surface area is 93.2 Å². The van der Waals surface area contributed by atoms with E-state index in [-0.39, 0.29) is 24.1 Å². The Bertz CT molecular complexity index is 167. The molecule has 4 heteroatoms. The van der Waals surface area contributed by atoms with Crippen LogP contribution in [0.2, 0.25) is 0 Å². The van der Waals surface area contributed by atoms with E-state index < -0.39 is 0 Å². The Hall–Kier alpha value is -0.160. The molecular weight excluding hydrogens is 192 g/mol. The van der Waals surface area contributed by atoms with Crippen molar-refractivity contribution >= 4 is 0 Å². The number of aliphatic hydroxyl groups excluding tert-OH is 1. The molecule has 0 aliphatic heterocycles. The highest BCUT2D eigenvalue weighted by Gasteiger charge is 2.26. The first kappa shape index (κ1) is 14.8. The molecule has 0 saturated carbocycles. The first-order chi connectivity index (χ1) is 6.99. The lowest BCUT2D eigenvalue weighted by atomic mass is 9.98. The van der Waals surface area contributed by atoms with Gasteiger partial charge < -0.3 is 20.9 Å². The Balaban J connectivity index is 4.16. The van der Waals surface area contributed by atoms with Gasteiger partial charge in [0.05, 0.1) is 12.1 Å². The van der Waals surface area contributed by atoms with Gasteiger partial charge >= 0.3 is 0 Å². The fourth-order valence-electron chi connectivity index (χ4n) is 1.34. The van der Waals surface area contributed by atoms with Crippen LogP contribution in [0.5, 0.6) is 0 Å². The van der Waals surface area contributed by atoms with Crippen LogP contribution in [0.25, 0.3) is 0 Å². The fraction of sp³-hybridized carbons (Fsp3) is 1.00. The van der Waals surface area contributed by atoms with Crippen LogP contribution < -0.4 is 11.1 Å². The number of rotatable bonds is 8. The molecule has 3 atom stereocenters. The van der Waals surface area contributed by atoms with Gasteiger partial charge in [-0.2, -0.15) is 0 Å². The molecule has 0 aromatic rings. The molecule has 0 amide bonds. The van der Waals surface area contributed by atoms with Gasteiger partial charge in [-0.15, -0.1) is 0 Å². The molecule has 0 aromatic heterocycles. The Morgan fingerprint density at radius 2 is 2.07 bits per heavy atom. The van der Waals surface area contributed by atoms with Gasteiger partial charge in [-0.1, -0.05) is 6.92 Å². The molecule has 0 aliphatic rings. The summed E-state index contributed by atoms with van der Waals surface area (Å²) in [6.07, 6.45) is 0. The number of hydrogen-bond acceptors (Lipinski definition) is 4. The van der Waals surface area contributed by atoms with Crippen LogP contribution in [-0.2, 0) is 4.74 Å². The van der Waals surface area contributed by atoms with Crippen LogP contribution >= 0.6 is 0 Å². The maximum atomic E-state index is 9.05. The number of nitrogens with two attached hydrogens (primary N) is 1. The van der Waals surface area contributed by atoms with Gasteiger partial charge in [0.15, 0.2) is 0 Å². The standard InChI is InChI=1S/C11H26N2O2/c1-5-15-8-11(4,7-12)13-10(3)9(2)6-14/h9-10,13-14H,5-8,12H2,1-4H3. The quantitative estimate of drug-likeness (QED) is 0.550. The predicted molar refractivity (Wildman–Crippen MR) is 62.8 cm³/mol. The van der Waals surface area contributed by atoms with Crippen LogP contribution in [0.4, 0.5) is 0 Å². The zero-order valence-electron chi connectivity index (χ0n) is 10.4. The van der Waals surface area contributed by atoms with Gasteiger partial charge in [0.25, 0.3) is 0 Å². The van der Waals surface area contributed by atoms with Crippen molar-refractivity contribution in [3.63, 3.8) is 0 Å². The summed E-state index contributed by atoms with van der Waals surface area (Å²) in [6, 6.07) is 0.226.